The monoisotopic (exact) mass is 257 g/mol. The zero-order valence-corrected chi connectivity index (χ0v) is 11.2. The van der Waals surface area contributed by atoms with E-state index in [1.807, 2.05) is 0 Å². The fourth-order valence-corrected chi connectivity index (χ4v) is 1.51. The number of hydrogen-bond donors (Lipinski definition) is 2. The van der Waals surface area contributed by atoms with Crippen molar-refractivity contribution < 1.29 is 19.4 Å². The fourth-order valence-electron chi connectivity index (χ4n) is 1.51. The summed E-state index contributed by atoms with van der Waals surface area (Å²) in [7, 11) is 0. The van der Waals surface area contributed by atoms with Gasteiger partial charge < -0.3 is 15.2 Å². The Morgan fingerprint density at radius 2 is 2.06 bits per heavy atom. The lowest BCUT2D eigenvalue weighted by molar-refractivity contribution is -0.156. The maximum absolute atomic E-state index is 11.9. The van der Waals surface area contributed by atoms with Gasteiger partial charge in [0, 0.05) is 19.3 Å². The van der Waals surface area contributed by atoms with E-state index in [1.54, 1.807) is 0 Å². The second-order valence-corrected chi connectivity index (χ2v) is 5.10. The van der Waals surface area contributed by atoms with Gasteiger partial charge >= 0.3 is 5.97 Å². The normalized spacial score (nSPS) is 18.1. The lowest BCUT2D eigenvalue weighted by Crippen LogP contribution is -2.46. The number of carboxylic acids is 1. The van der Waals surface area contributed by atoms with Gasteiger partial charge in [-0.05, 0) is 32.6 Å². The van der Waals surface area contributed by atoms with E-state index in [1.165, 1.54) is 6.92 Å². The van der Waals surface area contributed by atoms with E-state index in [-0.39, 0.29) is 12.5 Å². The van der Waals surface area contributed by atoms with Crippen LogP contribution in [0.3, 0.4) is 0 Å². The fraction of sp³-hybridized carbons (Fsp3) is 0.846. The molecule has 0 heterocycles. The molecule has 1 amide bonds. The molecule has 0 bridgehead atoms. The summed E-state index contributed by atoms with van der Waals surface area (Å²) in [5.41, 5.74) is -1.38. The van der Waals surface area contributed by atoms with E-state index < -0.39 is 17.3 Å². The molecule has 0 aromatic carbocycles. The van der Waals surface area contributed by atoms with Crippen LogP contribution in [0.25, 0.3) is 0 Å². The predicted octanol–water partition coefficient (Wildman–Crippen LogP) is 1.56. The number of carbonyl (C=O) groups excluding carboxylic acids is 1. The second kappa shape index (κ2) is 6.73. The summed E-state index contributed by atoms with van der Waals surface area (Å²) < 4.78 is 5.35. The molecule has 5 nitrogen and oxygen atoms in total. The lowest BCUT2D eigenvalue weighted by Gasteiger charge is -2.23. The number of amides is 1. The highest BCUT2D eigenvalue weighted by Crippen LogP contribution is 2.26. The summed E-state index contributed by atoms with van der Waals surface area (Å²) in [6, 6.07) is 0.178. The first-order valence-corrected chi connectivity index (χ1v) is 6.63. The van der Waals surface area contributed by atoms with Gasteiger partial charge in [0.05, 0.1) is 0 Å². The quantitative estimate of drug-likeness (QED) is 0.485. The van der Waals surface area contributed by atoms with Crippen molar-refractivity contribution in [3.8, 4) is 0 Å². The number of unbranched alkanes of at least 4 members (excludes halogenated alkanes) is 1. The van der Waals surface area contributed by atoms with E-state index >= 15 is 0 Å². The van der Waals surface area contributed by atoms with Crippen LogP contribution in [0.2, 0.25) is 0 Å². The minimum absolute atomic E-state index is 0.178. The maximum atomic E-state index is 11.9. The van der Waals surface area contributed by atoms with Crippen LogP contribution in [0, 0.1) is 5.41 Å². The third-order valence-corrected chi connectivity index (χ3v) is 3.27. The molecule has 0 aliphatic heterocycles. The Morgan fingerprint density at radius 1 is 1.39 bits per heavy atom. The van der Waals surface area contributed by atoms with Crippen molar-refractivity contribution in [2.45, 2.75) is 52.0 Å². The van der Waals surface area contributed by atoms with Crippen LogP contribution in [0.4, 0.5) is 0 Å². The van der Waals surface area contributed by atoms with Crippen molar-refractivity contribution in [1.29, 1.82) is 0 Å². The summed E-state index contributed by atoms with van der Waals surface area (Å²) in [5, 5.41) is 12.0. The van der Waals surface area contributed by atoms with E-state index in [2.05, 4.69) is 12.2 Å². The van der Waals surface area contributed by atoms with Crippen LogP contribution >= 0.6 is 0 Å². The Kier molecular flexibility index (Phi) is 5.59. The second-order valence-electron chi connectivity index (χ2n) is 5.10. The van der Waals surface area contributed by atoms with E-state index in [4.69, 9.17) is 4.74 Å². The number of rotatable bonds is 9. The van der Waals surface area contributed by atoms with E-state index in [0.29, 0.717) is 13.2 Å². The molecule has 0 aromatic heterocycles. The van der Waals surface area contributed by atoms with Gasteiger partial charge in [-0.3, -0.25) is 9.59 Å². The van der Waals surface area contributed by atoms with Gasteiger partial charge in [-0.2, -0.15) is 0 Å². The van der Waals surface area contributed by atoms with Gasteiger partial charge in [0.15, 0.2) is 0 Å². The van der Waals surface area contributed by atoms with Crippen molar-refractivity contribution in [2.75, 3.05) is 13.2 Å². The largest absolute Gasteiger partial charge is 0.480 e. The van der Waals surface area contributed by atoms with E-state index in [9.17, 15) is 14.7 Å². The molecule has 1 unspecified atom stereocenters. The summed E-state index contributed by atoms with van der Waals surface area (Å²) in [5.74, 6) is -1.48. The van der Waals surface area contributed by atoms with E-state index in [0.717, 1.165) is 25.7 Å². The molecular formula is C13H23NO4. The molecule has 1 aliphatic rings. The molecule has 1 fully saturated rings. The SMILES string of the molecule is CCCCOCCC(C)(C(=O)O)C(=O)NC1CC1. The Morgan fingerprint density at radius 3 is 2.56 bits per heavy atom. The van der Waals surface area contributed by atoms with Gasteiger partial charge in [-0.15, -0.1) is 0 Å². The highest BCUT2D eigenvalue weighted by Gasteiger charge is 2.42. The van der Waals surface area contributed by atoms with Crippen LogP contribution in [-0.2, 0) is 14.3 Å². The minimum Gasteiger partial charge on any atom is -0.480 e. The maximum Gasteiger partial charge on any atom is 0.319 e. The number of carboxylic acid groups (broad SMARTS) is 1. The average Bonchev–Trinajstić information content (AvgIpc) is 3.12. The zero-order valence-electron chi connectivity index (χ0n) is 11.2. The van der Waals surface area contributed by atoms with Crippen molar-refractivity contribution in [1.82, 2.24) is 5.32 Å². The number of hydrogen-bond acceptors (Lipinski definition) is 3. The molecule has 0 radical (unpaired) electrons. The van der Waals surface area contributed by atoms with Crippen molar-refractivity contribution in [3.63, 3.8) is 0 Å². The van der Waals surface area contributed by atoms with Crippen LogP contribution in [0.15, 0.2) is 0 Å². The third kappa shape index (κ3) is 4.29. The molecule has 2 N–H and O–H groups in total. The molecule has 18 heavy (non-hydrogen) atoms. The lowest BCUT2D eigenvalue weighted by atomic mass is 9.86. The topological polar surface area (TPSA) is 75.6 Å². The molecule has 0 saturated heterocycles. The van der Waals surface area contributed by atoms with Gasteiger partial charge in [0.1, 0.15) is 5.41 Å². The summed E-state index contributed by atoms with van der Waals surface area (Å²) >= 11 is 0. The Labute approximate surface area is 108 Å². The Hall–Kier alpha value is -1.10. The number of carbonyl (C=O) groups is 2. The summed E-state index contributed by atoms with van der Waals surface area (Å²) in [6.07, 6.45) is 4.11. The number of ether oxygens (including phenoxy) is 1. The van der Waals surface area contributed by atoms with Crippen LogP contribution in [0.1, 0.15) is 46.0 Å². The summed E-state index contributed by atoms with van der Waals surface area (Å²) in [6.45, 7) is 4.46. The molecule has 104 valence electrons. The Balaban J connectivity index is 2.40. The van der Waals surface area contributed by atoms with Crippen LogP contribution in [0.5, 0.6) is 0 Å². The highest BCUT2D eigenvalue weighted by atomic mass is 16.5. The first-order valence-electron chi connectivity index (χ1n) is 6.63. The molecule has 1 atom stereocenters. The molecule has 1 rings (SSSR count). The number of nitrogens with one attached hydrogen (secondary N) is 1. The number of aliphatic carboxylic acids is 1. The smallest absolute Gasteiger partial charge is 0.319 e. The molecule has 5 heteroatoms. The standard InChI is InChI=1S/C13H23NO4/c1-3-4-8-18-9-7-13(2,12(16)17)11(15)14-10-5-6-10/h10H,3-9H2,1-2H3,(H,14,15)(H,16,17). The van der Waals surface area contributed by atoms with Crippen LogP contribution in [-0.4, -0.2) is 36.2 Å². The highest BCUT2D eigenvalue weighted by molar-refractivity contribution is 6.01. The first kappa shape index (κ1) is 15.0. The molecule has 1 aliphatic carbocycles. The van der Waals surface area contributed by atoms with Gasteiger partial charge in [0.25, 0.3) is 0 Å². The van der Waals surface area contributed by atoms with Crippen molar-refractivity contribution >= 4 is 11.9 Å². The minimum atomic E-state index is -1.38. The third-order valence-electron chi connectivity index (χ3n) is 3.27. The van der Waals surface area contributed by atoms with Gasteiger partial charge in [-0.25, -0.2) is 0 Å². The molecule has 0 aromatic rings. The molecule has 1 saturated carbocycles. The summed E-state index contributed by atoms with van der Waals surface area (Å²) in [4.78, 5) is 23.2. The Bertz CT molecular complexity index is 301. The first-order chi connectivity index (χ1) is 8.50. The predicted molar refractivity (Wildman–Crippen MR) is 67.3 cm³/mol. The zero-order chi connectivity index (χ0) is 13.6. The van der Waals surface area contributed by atoms with Crippen LogP contribution < -0.4 is 5.32 Å². The average molecular weight is 257 g/mol. The van der Waals surface area contributed by atoms with Gasteiger partial charge in [-0.1, -0.05) is 13.3 Å². The van der Waals surface area contributed by atoms with Gasteiger partial charge in [0.2, 0.25) is 5.91 Å². The molecule has 0 spiro atoms. The van der Waals surface area contributed by atoms with Crippen molar-refractivity contribution in [3.05, 3.63) is 0 Å². The van der Waals surface area contributed by atoms with Crippen molar-refractivity contribution in [2.24, 2.45) is 5.41 Å². The molecular weight excluding hydrogens is 234 g/mol.